The fourth-order valence-corrected chi connectivity index (χ4v) is 2.96. The summed E-state index contributed by atoms with van der Waals surface area (Å²) < 4.78 is 0. The van der Waals surface area contributed by atoms with Crippen molar-refractivity contribution in [2.24, 2.45) is 5.41 Å². The minimum absolute atomic E-state index is 0.327. The predicted molar refractivity (Wildman–Crippen MR) is 79.2 cm³/mol. The largest absolute Gasteiger partial charge is 0.351 e. The Hall–Kier alpha value is -1.64. The molecule has 0 amide bonds. The van der Waals surface area contributed by atoms with Gasteiger partial charge in [-0.3, -0.25) is 0 Å². The van der Waals surface area contributed by atoms with Crippen LogP contribution in [0.3, 0.4) is 0 Å². The standard InChI is InChI=1S/C16H21N3/c1-16(2)10-6-5-9-14(16)19-15-17-11-12-7-3-4-8-13(12)18-15/h3-4,7-8,11,14H,5-6,9-10H2,1-2H3,(H,17,18,19). The smallest absolute Gasteiger partial charge is 0.223 e. The van der Waals surface area contributed by atoms with Crippen LogP contribution in [0.1, 0.15) is 39.5 Å². The molecular weight excluding hydrogens is 234 g/mol. The quantitative estimate of drug-likeness (QED) is 0.881. The van der Waals surface area contributed by atoms with Crippen LogP contribution >= 0.6 is 0 Å². The van der Waals surface area contributed by atoms with Gasteiger partial charge in [0.25, 0.3) is 0 Å². The van der Waals surface area contributed by atoms with Crippen LogP contribution in [0.25, 0.3) is 10.9 Å². The van der Waals surface area contributed by atoms with Crippen molar-refractivity contribution in [3.63, 3.8) is 0 Å². The number of rotatable bonds is 2. The number of benzene rings is 1. The highest BCUT2D eigenvalue weighted by Crippen LogP contribution is 2.36. The highest BCUT2D eigenvalue weighted by Gasteiger charge is 2.32. The lowest BCUT2D eigenvalue weighted by molar-refractivity contribution is 0.216. The van der Waals surface area contributed by atoms with Gasteiger partial charge in [0.1, 0.15) is 0 Å². The third-order valence-electron chi connectivity index (χ3n) is 4.30. The van der Waals surface area contributed by atoms with E-state index in [9.17, 15) is 0 Å². The van der Waals surface area contributed by atoms with Gasteiger partial charge in [-0.2, -0.15) is 0 Å². The Balaban J connectivity index is 1.84. The third-order valence-corrected chi connectivity index (χ3v) is 4.30. The van der Waals surface area contributed by atoms with Crippen LogP contribution in [0, 0.1) is 5.41 Å². The lowest BCUT2D eigenvalue weighted by Crippen LogP contribution is -2.39. The first-order chi connectivity index (χ1) is 9.15. The first-order valence-electron chi connectivity index (χ1n) is 7.13. The highest BCUT2D eigenvalue weighted by molar-refractivity contribution is 5.78. The normalized spacial score (nSPS) is 22.3. The molecule has 0 bridgehead atoms. The zero-order valence-corrected chi connectivity index (χ0v) is 11.7. The number of hydrogen-bond acceptors (Lipinski definition) is 3. The van der Waals surface area contributed by atoms with E-state index in [1.165, 1.54) is 25.7 Å². The second kappa shape index (κ2) is 4.80. The summed E-state index contributed by atoms with van der Waals surface area (Å²) in [5, 5.41) is 4.63. The molecule has 0 aliphatic heterocycles. The van der Waals surface area contributed by atoms with Crippen LogP contribution in [-0.2, 0) is 0 Å². The summed E-state index contributed by atoms with van der Waals surface area (Å²) in [6, 6.07) is 8.59. The van der Waals surface area contributed by atoms with Gasteiger partial charge in [0, 0.05) is 17.6 Å². The molecule has 2 aromatic rings. The second-order valence-corrected chi connectivity index (χ2v) is 6.18. The van der Waals surface area contributed by atoms with E-state index in [-0.39, 0.29) is 0 Å². The van der Waals surface area contributed by atoms with Crippen LogP contribution in [-0.4, -0.2) is 16.0 Å². The summed E-state index contributed by atoms with van der Waals surface area (Å²) in [5.74, 6) is 0.763. The van der Waals surface area contributed by atoms with Crippen molar-refractivity contribution < 1.29 is 0 Å². The van der Waals surface area contributed by atoms with Crippen molar-refractivity contribution in [3.8, 4) is 0 Å². The van der Waals surface area contributed by atoms with Gasteiger partial charge < -0.3 is 5.32 Å². The van der Waals surface area contributed by atoms with Crippen LogP contribution in [0.4, 0.5) is 5.95 Å². The molecule has 1 N–H and O–H groups in total. The van der Waals surface area contributed by atoms with E-state index in [2.05, 4.69) is 29.1 Å². The van der Waals surface area contributed by atoms with Crippen LogP contribution in [0.2, 0.25) is 0 Å². The number of anilines is 1. The molecule has 3 heteroatoms. The molecule has 1 aliphatic carbocycles. The molecule has 1 aromatic carbocycles. The SMILES string of the molecule is CC1(C)CCCCC1Nc1ncc2ccccc2n1. The van der Waals surface area contributed by atoms with E-state index in [1.807, 2.05) is 30.5 Å². The van der Waals surface area contributed by atoms with Crippen molar-refractivity contribution in [2.45, 2.75) is 45.6 Å². The molecule has 1 unspecified atom stereocenters. The lowest BCUT2D eigenvalue weighted by atomic mass is 9.73. The van der Waals surface area contributed by atoms with E-state index in [4.69, 9.17) is 0 Å². The molecule has 0 radical (unpaired) electrons. The number of para-hydroxylation sites is 1. The Morgan fingerprint density at radius 2 is 2.05 bits per heavy atom. The summed E-state index contributed by atoms with van der Waals surface area (Å²) in [4.78, 5) is 9.06. The second-order valence-electron chi connectivity index (χ2n) is 6.18. The monoisotopic (exact) mass is 255 g/mol. The molecule has 1 saturated carbocycles. The van der Waals surface area contributed by atoms with Gasteiger partial charge in [-0.25, -0.2) is 9.97 Å². The van der Waals surface area contributed by atoms with Crippen molar-refractivity contribution in [2.75, 3.05) is 5.32 Å². The molecule has 3 rings (SSSR count). The Morgan fingerprint density at radius 3 is 2.89 bits per heavy atom. The average Bonchev–Trinajstić information content (AvgIpc) is 2.41. The molecular formula is C16H21N3. The van der Waals surface area contributed by atoms with Crippen LogP contribution in [0.15, 0.2) is 30.5 Å². The van der Waals surface area contributed by atoms with Gasteiger partial charge in [-0.05, 0) is 24.3 Å². The minimum atomic E-state index is 0.327. The number of fused-ring (bicyclic) bond motifs is 1. The van der Waals surface area contributed by atoms with Crippen molar-refractivity contribution in [1.82, 2.24) is 9.97 Å². The molecule has 3 nitrogen and oxygen atoms in total. The molecule has 1 heterocycles. The van der Waals surface area contributed by atoms with Crippen molar-refractivity contribution in [3.05, 3.63) is 30.5 Å². The maximum absolute atomic E-state index is 4.61. The van der Waals surface area contributed by atoms with Gasteiger partial charge in [0.15, 0.2) is 0 Å². The lowest BCUT2D eigenvalue weighted by Gasteiger charge is -2.39. The topological polar surface area (TPSA) is 37.8 Å². The van der Waals surface area contributed by atoms with Gasteiger partial charge in [0.05, 0.1) is 5.52 Å². The Kier molecular flexibility index (Phi) is 3.13. The molecule has 0 saturated heterocycles. The number of nitrogens with zero attached hydrogens (tertiary/aromatic N) is 2. The fourth-order valence-electron chi connectivity index (χ4n) is 2.96. The maximum Gasteiger partial charge on any atom is 0.223 e. The van der Waals surface area contributed by atoms with E-state index in [0.29, 0.717) is 11.5 Å². The van der Waals surface area contributed by atoms with Crippen LogP contribution in [0.5, 0.6) is 0 Å². The van der Waals surface area contributed by atoms with E-state index in [0.717, 1.165) is 16.9 Å². The fraction of sp³-hybridized carbons (Fsp3) is 0.500. The Bertz CT molecular complexity index is 577. The Morgan fingerprint density at radius 1 is 1.21 bits per heavy atom. The summed E-state index contributed by atoms with van der Waals surface area (Å²) >= 11 is 0. The Labute approximate surface area is 114 Å². The van der Waals surface area contributed by atoms with Crippen molar-refractivity contribution in [1.29, 1.82) is 0 Å². The highest BCUT2D eigenvalue weighted by atomic mass is 15.1. The molecule has 1 atom stereocenters. The molecule has 0 spiro atoms. The van der Waals surface area contributed by atoms with E-state index in [1.54, 1.807) is 0 Å². The van der Waals surface area contributed by atoms with E-state index >= 15 is 0 Å². The predicted octanol–water partition coefficient (Wildman–Crippen LogP) is 4.01. The zero-order chi connectivity index (χ0) is 13.3. The number of aromatic nitrogens is 2. The summed E-state index contributed by atoms with van der Waals surface area (Å²) in [5.41, 5.74) is 1.33. The molecule has 100 valence electrons. The first-order valence-corrected chi connectivity index (χ1v) is 7.13. The average molecular weight is 255 g/mol. The number of hydrogen-bond donors (Lipinski definition) is 1. The summed E-state index contributed by atoms with van der Waals surface area (Å²) in [6.45, 7) is 4.68. The third kappa shape index (κ3) is 2.55. The first kappa shape index (κ1) is 12.4. The van der Waals surface area contributed by atoms with Gasteiger partial charge in [0.2, 0.25) is 5.95 Å². The van der Waals surface area contributed by atoms with Gasteiger partial charge in [-0.1, -0.05) is 44.9 Å². The molecule has 1 fully saturated rings. The minimum Gasteiger partial charge on any atom is -0.351 e. The zero-order valence-electron chi connectivity index (χ0n) is 11.7. The molecule has 1 aliphatic rings. The van der Waals surface area contributed by atoms with Gasteiger partial charge >= 0.3 is 0 Å². The summed E-state index contributed by atoms with van der Waals surface area (Å²) in [6.07, 6.45) is 7.03. The van der Waals surface area contributed by atoms with Crippen LogP contribution < -0.4 is 5.32 Å². The van der Waals surface area contributed by atoms with E-state index < -0.39 is 0 Å². The van der Waals surface area contributed by atoms with Crippen molar-refractivity contribution >= 4 is 16.9 Å². The summed E-state index contributed by atoms with van der Waals surface area (Å²) in [7, 11) is 0. The number of nitrogens with one attached hydrogen (secondary N) is 1. The van der Waals surface area contributed by atoms with Gasteiger partial charge in [-0.15, -0.1) is 0 Å². The maximum atomic E-state index is 4.61. The molecule has 19 heavy (non-hydrogen) atoms. The molecule has 1 aromatic heterocycles.